The molecule has 3 aromatic rings. The lowest BCUT2D eigenvalue weighted by Gasteiger charge is -2.08. The summed E-state index contributed by atoms with van der Waals surface area (Å²) in [4.78, 5) is 28.0. The highest BCUT2D eigenvalue weighted by Gasteiger charge is 2.08. The van der Waals surface area contributed by atoms with Gasteiger partial charge >= 0.3 is 0 Å². The van der Waals surface area contributed by atoms with Crippen molar-refractivity contribution in [1.29, 1.82) is 0 Å². The molecule has 1 heterocycles. The van der Waals surface area contributed by atoms with Crippen LogP contribution in [0.4, 0.5) is 15.8 Å². The zero-order chi connectivity index (χ0) is 18.4. The summed E-state index contributed by atoms with van der Waals surface area (Å²) in [6.07, 6.45) is 3.20. The topological polar surface area (TPSA) is 71.1 Å². The van der Waals surface area contributed by atoms with Gasteiger partial charge in [-0.05, 0) is 42.0 Å². The van der Waals surface area contributed by atoms with E-state index in [-0.39, 0.29) is 23.9 Å². The first-order valence-corrected chi connectivity index (χ1v) is 7.96. The van der Waals surface area contributed by atoms with Crippen molar-refractivity contribution < 1.29 is 14.0 Å². The summed E-state index contributed by atoms with van der Waals surface area (Å²) >= 11 is 0. The number of hydrogen-bond donors (Lipinski definition) is 2. The number of hydrogen-bond acceptors (Lipinski definition) is 3. The number of halogens is 1. The number of pyridine rings is 1. The van der Waals surface area contributed by atoms with Gasteiger partial charge in [0, 0.05) is 23.6 Å². The largest absolute Gasteiger partial charge is 0.323 e. The maximum absolute atomic E-state index is 13.5. The van der Waals surface area contributed by atoms with Gasteiger partial charge < -0.3 is 10.6 Å². The van der Waals surface area contributed by atoms with Crippen LogP contribution in [0, 0.1) is 5.82 Å². The number of carbonyl (C=O) groups is 2. The van der Waals surface area contributed by atoms with Crippen molar-refractivity contribution in [1.82, 2.24) is 4.98 Å². The van der Waals surface area contributed by atoms with Gasteiger partial charge in [0.15, 0.2) is 0 Å². The number of rotatable bonds is 5. The van der Waals surface area contributed by atoms with E-state index in [0.29, 0.717) is 11.3 Å². The van der Waals surface area contributed by atoms with Gasteiger partial charge in [0.05, 0.1) is 12.1 Å². The van der Waals surface area contributed by atoms with Crippen LogP contribution >= 0.6 is 0 Å². The van der Waals surface area contributed by atoms with Gasteiger partial charge in [0.1, 0.15) is 5.82 Å². The molecule has 1 aromatic heterocycles. The molecule has 3 rings (SSSR count). The molecular weight excluding hydrogens is 333 g/mol. The highest BCUT2D eigenvalue weighted by atomic mass is 19.1. The lowest BCUT2D eigenvalue weighted by atomic mass is 10.1. The zero-order valence-electron chi connectivity index (χ0n) is 13.8. The van der Waals surface area contributed by atoms with Gasteiger partial charge in [-0.25, -0.2) is 4.39 Å². The van der Waals surface area contributed by atoms with E-state index in [1.54, 1.807) is 60.9 Å². The molecule has 0 aliphatic heterocycles. The van der Waals surface area contributed by atoms with Crippen LogP contribution in [-0.2, 0) is 11.2 Å². The third kappa shape index (κ3) is 4.51. The highest BCUT2D eigenvalue weighted by Crippen LogP contribution is 2.15. The minimum Gasteiger partial charge on any atom is -0.323 e. The molecule has 0 fully saturated rings. The second-order valence-electron chi connectivity index (χ2n) is 5.59. The Balaban J connectivity index is 1.58. The Labute approximate surface area is 149 Å². The Morgan fingerprint density at radius 3 is 2.27 bits per heavy atom. The van der Waals surface area contributed by atoms with Crippen molar-refractivity contribution in [2.75, 3.05) is 10.6 Å². The van der Waals surface area contributed by atoms with Crippen molar-refractivity contribution in [3.8, 4) is 0 Å². The fourth-order valence-electron chi connectivity index (χ4n) is 2.35. The molecule has 0 radical (unpaired) electrons. The van der Waals surface area contributed by atoms with Gasteiger partial charge in [0.2, 0.25) is 5.91 Å². The van der Waals surface area contributed by atoms with E-state index >= 15 is 0 Å². The Hall–Kier alpha value is -3.54. The minimum atomic E-state index is -0.477. The van der Waals surface area contributed by atoms with Gasteiger partial charge in [-0.3, -0.25) is 14.6 Å². The molecule has 0 bridgehead atoms. The first kappa shape index (κ1) is 17.3. The summed E-state index contributed by atoms with van der Waals surface area (Å²) in [5, 5.41) is 5.31. The number of nitrogens with one attached hydrogen (secondary N) is 2. The Bertz CT molecular complexity index is 912. The van der Waals surface area contributed by atoms with Crippen LogP contribution in [-0.4, -0.2) is 16.8 Å². The van der Waals surface area contributed by atoms with Crippen LogP contribution < -0.4 is 10.6 Å². The highest BCUT2D eigenvalue weighted by molar-refractivity contribution is 6.04. The summed E-state index contributed by atoms with van der Waals surface area (Å²) in [7, 11) is 0. The second kappa shape index (κ2) is 8.02. The fraction of sp³-hybridized carbons (Fsp3) is 0.0500. The Morgan fingerprint density at radius 1 is 0.885 bits per heavy atom. The molecule has 0 unspecified atom stereocenters. The number of carbonyl (C=O) groups excluding carboxylic acids is 2. The molecule has 0 atom stereocenters. The third-order valence-electron chi connectivity index (χ3n) is 3.67. The van der Waals surface area contributed by atoms with Crippen molar-refractivity contribution >= 4 is 23.2 Å². The van der Waals surface area contributed by atoms with Crippen molar-refractivity contribution in [2.45, 2.75) is 6.42 Å². The SMILES string of the molecule is O=C(Cc1ccc(NC(=O)c2ccncc2)cc1)Nc1ccccc1F. The monoisotopic (exact) mass is 349 g/mol. The van der Waals surface area contributed by atoms with Gasteiger partial charge in [-0.1, -0.05) is 24.3 Å². The van der Waals surface area contributed by atoms with Crippen molar-refractivity contribution in [3.63, 3.8) is 0 Å². The number of aromatic nitrogens is 1. The van der Waals surface area contributed by atoms with Crippen LogP contribution in [0.3, 0.4) is 0 Å². The van der Waals surface area contributed by atoms with E-state index in [0.717, 1.165) is 5.56 Å². The number of para-hydroxylation sites is 1. The number of amides is 2. The molecule has 2 aromatic carbocycles. The van der Waals surface area contributed by atoms with E-state index in [4.69, 9.17) is 0 Å². The lowest BCUT2D eigenvalue weighted by Crippen LogP contribution is -2.15. The van der Waals surface area contributed by atoms with Gasteiger partial charge in [-0.2, -0.15) is 0 Å². The summed E-state index contributed by atoms with van der Waals surface area (Å²) < 4.78 is 13.5. The molecule has 2 N–H and O–H groups in total. The maximum atomic E-state index is 13.5. The molecule has 0 aliphatic rings. The third-order valence-corrected chi connectivity index (χ3v) is 3.67. The number of anilines is 2. The molecule has 26 heavy (non-hydrogen) atoms. The number of nitrogens with zero attached hydrogens (tertiary/aromatic N) is 1. The molecule has 6 heteroatoms. The van der Waals surface area contributed by atoms with Gasteiger partial charge in [0.25, 0.3) is 5.91 Å². The predicted molar refractivity (Wildman–Crippen MR) is 97.4 cm³/mol. The zero-order valence-corrected chi connectivity index (χ0v) is 13.8. The fourth-order valence-corrected chi connectivity index (χ4v) is 2.35. The molecule has 0 spiro atoms. The summed E-state index contributed by atoms with van der Waals surface area (Å²) in [5.74, 6) is -1.03. The van der Waals surface area contributed by atoms with E-state index < -0.39 is 5.82 Å². The second-order valence-corrected chi connectivity index (χ2v) is 5.59. The molecule has 5 nitrogen and oxygen atoms in total. The van der Waals surface area contributed by atoms with E-state index in [9.17, 15) is 14.0 Å². The Morgan fingerprint density at radius 2 is 1.58 bits per heavy atom. The van der Waals surface area contributed by atoms with Crippen molar-refractivity contribution in [2.24, 2.45) is 0 Å². The number of benzene rings is 2. The summed E-state index contributed by atoms with van der Waals surface area (Å²) in [5.41, 5.74) is 2.03. The molecule has 130 valence electrons. The molecule has 0 saturated carbocycles. The van der Waals surface area contributed by atoms with Crippen LogP contribution in [0.5, 0.6) is 0 Å². The Kier molecular flexibility index (Phi) is 5.34. The van der Waals surface area contributed by atoms with Crippen LogP contribution in [0.15, 0.2) is 73.1 Å². The molecule has 2 amide bonds. The maximum Gasteiger partial charge on any atom is 0.255 e. The normalized spacial score (nSPS) is 10.2. The standard InChI is InChI=1S/C20H16FN3O2/c21-17-3-1-2-4-18(17)24-19(25)13-14-5-7-16(8-6-14)23-20(26)15-9-11-22-12-10-15/h1-12H,13H2,(H,23,26)(H,24,25). The van der Waals surface area contributed by atoms with Gasteiger partial charge in [-0.15, -0.1) is 0 Å². The average Bonchev–Trinajstić information content (AvgIpc) is 2.66. The average molecular weight is 349 g/mol. The summed E-state index contributed by atoms with van der Waals surface area (Å²) in [6.45, 7) is 0. The van der Waals surface area contributed by atoms with Crippen molar-refractivity contribution in [3.05, 3.63) is 90.0 Å². The van der Waals surface area contributed by atoms with Crippen LogP contribution in [0.25, 0.3) is 0 Å². The van der Waals surface area contributed by atoms with Crippen LogP contribution in [0.2, 0.25) is 0 Å². The predicted octanol–water partition coefficient (Wildman–Crippen LogP) is 3.65. The molecule has 0 aliphatic carbocycles. The van der Waals surface area contributed by atoms with E-state index in [1.807, 2.05) is 0 Å². The van der Waals surface area contributed by atoms with E-state index in [2.05, 4.69) is 15.6 Å². The smallest absolute Gasteiger partial charge is 0.255 e. The lowest BCUT2D eigenvalue weighted by molar-refractivity contribution is -0.115. The molecule has 0 saturated heterocycles. The van der Waals surface area contributed by atoms with E-state index in [1.165, 1.54) is 12.1 Å². The summed E-state index contributed by atoms with van der Waals surface area (Å²) in [6, 6.07) is 16.2. The quantitative estimate of drug-likeness (QED) is 0.738. The minimum absolute atomic E-state index is 0.104. The first-order chi connectivity index (χ1) is 12.6. The first-order valence-electron chi connectivity index (χ1n) is 7.96. The molecular formula is C20H16FN3O2. The van der Waals surface area contributed by atoms with Crippen LogP contribution in [0.1, 0.15) is 15.9 Å².